The van der Waals surface area contributed by atoms with Gasteiger partial charge in [0.15, 0.2) is 12.8 Å². The molecule has 0 aliphatic heterocycles. The Labute approximate surface area is 145 Å². The SMILES string of the molecule is C=Cc1cccc(/C=C/c2csc3c(C=O)cccc23)[n+]1CCN. The van der Waals surface area contributed by atoms with Gasteiger partial charge in [-0.2, -0.15) is 4.57 Å². The second-order valence-electron chi connectivity index (χ2n) is 5.39. The van der Waals surface area contributed by atoms with Crippen LogP contribution in [0.1, 0.15) is 27.3 Å². The summed E-state index contributed by atoms with van der Waals surface area (Å²) in [6.45, 7) is 5.18. The first-order valence-electron chi connectivity index (χ1n) is 7.77. The highest BCUT2D eigenvalue weighted by Crippen LogP contribution is 2.29. The molecule has 0 aliphatic rings. The summed E-state index contributed by atoms with van der Waals surface area (Å²) in [6, 6.07) is 11.9. The molecule has 0 saturated heterocycles. The number of nitrogens with two attached hydrogens (primary N) is 1. The number of aromatic nitrogens is 1. The Bertz CT molecular complexity index is 925. The van der Waals surface area contributed by atoms with Crippen LogP contribution in [0.4, 0.5) is 0 Å². The topological polar surface area (TPSA) is 47.0 Å². The largest absolute Gasteiger partial charge is 0.325 e. The normalized spacial score (nSPS) is 11.2. The molecule has 0 unspecified atom stereocenters. The number of benzene rings is 1. The first kappa shape index (κ1) is 16.3. The summed E-state index contributed by atoms with van der Waals surface area (Å²) < 4.78 is 3.18. The van der Waals surface area contributed by atoms with E-state index in [-0.39, 0.29) is 0 Å². The van der Waals surface area contributed by atoms with Crippen molar-refractivity contribution in [1.29, 1.82) is 0 Å². The molecule has 0 spiro atoms. The van der Waals surface area contributed by atoms with Gasteiger partial charge in [-0.05, 0) is 23.1 Å². The Morgan fingerprint density at radius 3 is 2.62 bits per heavy atom. The number of carbonyl (C=O) groups excluding carboxylic acids is 1. The van der Waals surface area contributed by atoms with Gasteiger partial charge in [0.25, 0.3) is 0 Å². The van der Waals surface area contributed by atoms with E-state index in [4.69, 9.17) is 5.73 Å². The van der Waals surface area contributed by atoms with Crippen molar-refractivity contribution >= 4 is 45.9 Å². The van der Waals surface area contributed by atoms with Crippen LogP contribution < -0.4 is 10.3 Å². The highest BCUT2D eigenvalue weighted by atomic mass is 32.1. The van der Waals surface area contributed by atoms with Crippen LogP contribution in [0.2, 0.25) is 0 Å². The molecular weight excluding hydrogens is 316 g/mol. The highest BCUT2D eigenvalue weighted by molar-refractivity contribution is 7.17. The molecule has 3 rings (SSSR count). The molecule has 0 amide bonds. The molecule has 0 bridgehead atoms. The van der Waals surface area contributed by atoms with Gasteiger partial charge in [0.05, 0.1) is 6.54 Å². The first-order valence-corrected chi connectivity index (χ1v) is 8.65. The molecule has 120 valence electrons. The Kier molecular flexibility index (Phi) is 4.99. The second-order valence-corrected chi connectivity index (χ2v) is 6.27. The van der Waals surface area contributed by atoms with Crippen LogP contribution in [-0.2, 0) is 6.54 Å². The van der Waals surface area contributed by atoms with Crippen molar-refractivity contribution in [2.24, 2.45) is 5.73 Å². The van der Waals surface area contributed by atoms with E-state index < -0.39 is 0 Å². The number of aldehydes is 1. The average Bonchev–Trinajstić information content (AvgIpc) is 3.04. The molecule has 0 aliphatic carbocycles. The van der Waals surface area contributed by atoms with E-state index in [1.54, 1.807) is 11.3 Å². The molecule has 4 heteroatoms. The summed E-state index contributed by atoms with van der Waals surface area (Å²) in [7, 11) is 0. The predicted octanol–water partition coefficient (Wildman–Crippen LogP) is 3.77. The van der Waals surface area contributed by atoms with Crippen molar-refractivity contribution in [2.75, 3.05) is 6.54 Å². The Morgan fingerprint density at radius 1 is 1.08 bits per heavy atom. The average molecular weight is 335 g/mol. The maximum Gasteiger partial charge on any atom is 0.205 e. The minimum atomic E-state index is 0.570. The lowest BCUT2D eigenvalue weighted by atomic mass is 10.1. The van der Waals surface area contributed by atoms with Gasteiger partial charge < -0.3 is 5.73 Å². The second kappa shape index (κ2) is 7.34. The summed E-state index contributed by atoms with van der Waals surface area (Å²) in [5.41, 5.74) is 9.71. The van der Waals surface area contributed by atoms with E-state index >= 15 is 0 Å². The van der Waals surface area contributed by atoms with E-state index in [0.717, 1.165) is 45.4 Å². The number of hydrogen-bond donors (Lipinski definition) is 1. The third-order valence-corrected chi connectivity index (χ3v) is 5.00. The molecule has 3 nitrogen and oxygen atoms in total. The zero-order valence-electron chi connectivity index (χ0n) is 13.3. The van der Waals surface area contributed by atoms with Gasteiger partial charge in [-0.1, -0.05) is 24.8 Å². The van der Waals surface area contributed by atoms with Gasteiger partial charge in [-0.3, -0.25) is 4.79 Å². The van der Waals surface area contributed by atoms with Crippen molar-refractivity contribution in [1.82, 2.24) is 0 Å². The van der Waals surface area contributed by atoms with Crippen molar-refractivity contribution < 1.29 is 9.36 Å². The number of hydrogen-bond acceptors (Lipinski definition) is 3. The molecule has 2 aromatic heterocycles. The quantitative estimate of drug-likeness (QED) is 0.550. The van der Waals surface area contributed by atoms with E-state index in [1.165, 1.54) is 0 Å². The van der Waals surface area contributed by atoms with Gasteiger partial charge in [0.2, 0.25) is 11.4 Å². The zero-order valence-corrected chi connectivity index (χ0v) is 14.1. The fourth-order valence-corrected chi connectivity index (χ4v) is 3.80. The van der Waals surface area contributed by atoms with Crippen molar-refractivity contribution in [3.05, 3.63) is 70.9 Å². The van der Waals surface area contributed by atoms with Crippen molar-refractivity contribution in [2.45, 2.75) is 6.54 Å². The molecule has 0 atom stereocenters. The summed E-state index contributed by atoms with van der Waals surface area (Å²) in [5.74, 6) is 0. The van der Waals surface area contributed by atoms with Gasteiger partial charge in [-0.25, -0.2) is 0 Å². The van der Waals surface area contributed by atoms with Gasteiger partial charge in [-0.15, -0.1) is 11.3 Å². The highest BCUT2D eigenvalue weighted by Gasteiger charge is 2.12. The molecule has 1 aromatic carbocycles. The number of carbonyl (C=O) groups is 1. The smallest absolute Gasteiger partial charge is 0.205 e. The monoisotopic (exact) mass is 335 g/mol. The maximum atomic E-state index is 11.2. The Morgan fingerprint density at radius 2 is 1.88 bits per heavy atom. The van der Waals surface area contributed by atoms with E-state index in [0.29, 0.717) is 6.54 Å². The third-order valence-electron chi connectivity index (χ3n) is 3.94. The molecule has 0 fully saturated rings. The Hall–Kier alpha value is -2.56. The number of pyridine rings is 1. The van der Waals surface area contributed by atoms with E-state index in [1.807, 2.05) is 36.4 Å². The molecule has 2 heterocycles. The Balaban J connectivity index is 2.03. The molecular formula is C20H19N2OS+. The fourth-order valence-electron chi connectivity index (χ4n) is 2.78. The van der Waals surface area contributed by atoms with Crippen LogP contribution in [0.25, 0.3) is 28.3 Å². The van der Waals surface area contributed by atoms with E-state index in [9.17, 15) is 4.79 Å². The number of thiophene rings is 1. The van der Waals surface area contributed by atoms with Gasteiger partial charge in [0.1, 0.15) is 0 Å². The standard InChI is InChI=1S/C20H19N2OS/c1-2-17-6-4-7-18(22(17)12-11-21)10-9-16-14-24-20-15(13-23)5-3-8-19(16)20/h2-10,13-14H,1,11-12,21H2/q+1/b10-9+. The lowest BCUT2D eigenvalue weighted by Crippen LogP contribution is -2.43. The zero-order chi connectivity index (χ0) is 16.9. The van der Waals surface area contributed by atoms with Crippen LogP contribution in [-0.4, -0.2) is 12.8 Å². The minimum absolute atomic E-state index is 0.570. The molecule has 0 saturated carbocycles. The molecule has 24 heavy (non-hydrogen) atoms. The number of fused-ring (bicyclic) bond motifs is 1. The van der Waals surface area contributed by atoms with Crippen LogP contribution in [0, 0.1) is 0 Å². The number of nitrogens with zero attached hydrogens (tertiary/aromatic N) is 1. The molecule has 0 radical (unpaired) electrons. The predicted molar refractivity (Wildman–Crippen MR) is 102 cm³/mol. The van der Waals surface area contributed by atoms with Crippen molar-refractivity contribution in [3.63, 3.8) is 0 Å². The molecule has 2 N–H and O–H groups in total. The van der Waals surface area contributed by atoms with Gasteiger partial charge in [0, 0.05) is 39.9 Å². The van der Waals surface area contributed by atoms with Crippen molar-refractivity contribution in [3.8, 4) is 0 Å². The lowest BCUT2D eigenvalue weighted by molar-refractivity contribution is -0.697. The maximum absolute atomic E-state index is 11.2. The van der Waals surface area contributed by atoms with E-state index in [2.05, 4.69) is 34.7 Å². The van der Waals surface area contributed by atoms with Gasteiger partial charge >= 0.3 is 0 Å². The van der Waals surface area contributed by atoms with Crippen LogP contribution in [0.3, 0.4) is 0 Å². The summed E-state index contributed by atoms with van der Waals surface area (Å²) >= 11 is 1.60. The summed E-state index contributed by atoms with van der Waals surface area (Å²) in [5, 5.41) is 3.19. The first-order chi connectivity index (χ1) is 11.8. The van der Waals surface area contributed by atoms with Crippen LogP contribution in [0.5, 0.6) is 0 Å². The summed E-state index contributed by atoms with van der Waals surface area (Å²) in [4.78, 5) is 11.2. The lowest BCUT2D eigenvalue weighted by Gasteiger charge is -2.02. The summed E-state index contributed by atoms with van der Waals surface area (Å²) in [6.07, 6.45) is 6.92. The molecule has 3 aromatic rings. The number of rotatable bonds is 6. The fraction of sp³-hybridized carbons (Fsp3) is 0.100. The minimum Gasteiger partial charge on any atom is -0.325 e. The van der Waals surface area contributed by atoms with Crippen LogP contribution in [0.15, 0.2) is 48.4 Å². The van der Waals surface area contributed by atoms with Crippen LogP contribution >= 0.6 is 11.3 Å². The third kappa shape index (κ3) is 3.07.